The van der Waals surface area contributed by atoms with Gasteiger partial charge < -0.3 is 9.84 Å². The Morgan fingerprint density at radius 1 is 1.56 bits per heavy atom. The highest BCUT2D eigenvalue weighted by Gasteiger charge is 2.25. The lowest BCUT2D eigenvalue weighted by Crippen LogP contribution is -2.28. The van der Waals surface area contributed by atoms with Crippen molar-refractivity contribution in [3.05, 3.63) is 28.7 Å². The van der Waals surface area contributed by atoms with Crippen molar-refractivity contribution in [3.8, 4) is 5.75 Å². The van der Waals surface area contributed by atoms with Crippen LogP contribution in [0.4, 0.5) is 0 Å². The molecule has 1 N–H and O–H groups in total. The minimum atomic E-state index is -0.194. The molecule has 0 spiro atoms. The van der Waals surface area contributed by atoms with Crippen LogP contribution >= 0.6 is 15.9 Å². The van der Waals surface area contributed by atoms with Crippen LogP contribution in [0.25, 0.3) is 0 Å². The molecule has 100 valence electrons. The highest BCUT2D eigenvalue weighted by atomic mass is 79.9. The molecule has 1 aromatic carbocycles. The normalized spacial score (nSPS) is 22.1. The van der Waals surface area contributed by atoms with E-state index in [0.29, 0.717) is 12.5 Å². The maximum Gasteiger partial charge on any atom is 0.120 e. The van der Waals surface area contributed by atoms with Crippen LogP contribution in [0.1, 0.15) is 13.3 Å². The van der Waals surface area contributed by atoms with E-state index in [4.69, 9.17) is 4.74 Å². The fourth-order valence-electron chi connectivity index (χ4n) is 2.31. The number of nitrogens with zero attached hydrogens (tertiary/aromatic N) is 1. The van der Waals surface area contributed by atoms with Crippen LogP contribution in [0.5, 0.6) is 5.75 Å². The smallest absolute Gasteiger partial charge is 0.120 e. The first-order valence-corrected chi connectivity index (χ1v) is 7.23. The number of rotatable bonds is 5. The van der Waals surface area contributed by atoms with Gasteiger partial charge in [0.2, 0.25) is 0 Å². The molecule has 18 heavy (non-hydrogen) atoms. The minimum absolute atomic E-state index is 0.194. The zero-order chi connectivity index (χ0) is 13.0. The summed E-state index contributed by atoms with van der Waals surface area (Å²) in [5.74, 6) is 1.33. The zero-order valence-electron chi connectivity index (χ0n) is 10.7. The van der Waals surface area contributed by atoms with Crippen LogP contribution in [-0.4, -0.2) is 42.4 Å². The molecule has 1 saturated heterocycles. The quantitative estimate of drug-likeness (QED) is 0.906. The summed E-state index contributed by atoms with van der Waals surface area (Å²) in [6.07, 6.45) is 0.898. The third-order valence-electron chi connectivity index (χ3n) is 3.46. The van der Waals surface area contributed by atoms with Crippen molar-refractivity contribution >= 4 is 15.9 Å². The Bertz CT molecular complexity index is 384. The van der Waals surface area contributed by atoms with Gasteiger partial charge in [-0.15, -0.1) is 0 Å². The number of halogens is 1. The summed E-state index contributed by atoms with van der Waals surface area (Å²) in [5.41, 5.74) is 0. The predicted octanol–water partition coefficient (Wildman–Crippen LogP) is 2.53. The van der Waals surface area contributed by atoms with Crippen LogP contribution < -0.4 is 4.74 Å². The summed E-state index contributed by atoms with van der Waals surface area (Å²) < 4.78 is 6.75. The van der Waals surface area contributed by atoms with Gasteiger partial charge in [-0.3, -0.25) is 4.90 Å². The van der Waals surface area contributed by atoms with Gasteiger partial charge in [-0.1, -0.05) is 22.0 Å². The maximum atomic E-state index is 9.54. The van der Waals surface area contributed by atoms with E-state index in [-0.39, 0.29) is 6.10 Å². The molecule has 1 aliphatic heterocycles. The lowest BCUT2D eigenvalue weighted by molar-refractivity contribution is 0.125. The molecule has 2 atom stereocenters. The molecule has 0 aromatic heterocycles. The van der Waals surface area contributed by atoms with E-state index < -0.39 is 0 Å². The molecule has 2 unspecified atom stereocenters. The van der Waals surface area contributed by atoms with E-state index in [1.54, 1.807) is 0 Å². The van der Waals surface area contributed by atoms with E-state index >= 15 is 0 Å². The molecular formula is C14H20BrNO2. The van der Waals surface area contributed by atoms with E-state index in [1.165, 1.54) is 0 Å². The molecule has 1 aromatic rings. The minimum Gasteiger partial charge on any atom is -0.492 e. The molecule has 3 nitrogen and oxygen atoms in total. The predicted molar refractivity (Wildman–Crippen MR) is 75.9 cm³/mol. The van der Waals surface area contributed by atoms with E-state index in [2.05, 4.69) is 20.8 Å². The molecule has 1 aliphatic rings. The largest absolute Gasteiger partial charge is 0.492 e. The molecule has 0 saturated carbocycles. The Hall–Kier alpha value is -0.580. The Balaban J connectivity index is 1.70. The fourth-order valence-corrected chi connectivity index (χ4v) is 2.69. The second kappa shape index (κ2) is 6.55. The first-order valence-electron chi connectivity index (χ1n) is 6.44. The van der Waals surface area contributed by atoms with Gasteiger partial charge in [0.05, 0.1) is 6.10 Å². The highest BCUT2D eigenvalue weighted by molar-refractivity contribution is 9.10. The molecule has 1 heterocycles. The van der Waals surface area contributed by atoms with Crippen molar-refractivity contribution in [2.45, 2.75) is 19.4 Å². The van der Waals surface area contributed by atoms with Gasteiger partial charge in [-0.2, -0.15) is 0 Å². The van der Waals surface area contributed by atoms with Gasteiger partial charge in [0.1, 0.15) is 12.4 Å². The van der Waals surface area contributed by atoms with Gasteiger partial charge >= 0.3 is 0 Å². The summed E-state index contributed by atoms with van der Waals surface area (Å²) in [4.78, 5) is 2.36. The van der Waals surface area contributed by atoms with Gasteiger partial charge in [0.25, 0.3) is 0 Å². The molecule has 0 amide bonds. The standard InChI is InChI=1S/C14H20BrNO2/c1-11(17)12-5-6-16(10-12)7-8-18-14-4-2-3-13(15)9-14/h2-4,9,11-12,17H,5-8,10H2,1H3. The number of aliphatic hydroxyl groups excluding tert-OH is 1. The molecule has 0 aliphatic carbocycles. The molecule has 4 heteroatoms. The lowest BCUT2D eigenvalue weighted by atomic mass is 10.0. The SMILES string of the molecule is CC(O)C1CCN(CCOc2cccc(Br)c2)C1. The number of ether oxygens (including phenoxy) is 1. The van der Waals surface area contributed by atoms with Crippen molar-refractivity contribution < 1.29 is 9.84 Å². The van der Waals surface area contributed by atoms with Crippen molar-refractivity contribution in [1.29, 1.82) is 0 Å². The van der Waals surface area contributed by atoms with Crippen molar-refractivity contribution in [3.63, 3.8) is 0 Å². The number of hydrogen-bond acceptors (Lipinski definition) is 3. The monoisotopic (exact) mass is 313 g/mol. The summed E-state index contributed by atoms with van der Waals surface area (Å²) in [7, 11) is 0. The van der Waals surface area contributed by atoms with Gasteiger partial charge in [0.15, 0.2) is 0 Å². The number of hydrogen-bond donors (Lipinski definition) is 1. The summed E-state index contributed by atoms with van der Waals surface area (Å²) in [6.45, 7) is 5.56. The summed E-state index contributed by atoms with van der Waals surface area (Å²) in [5, 5.41) is 9.54. The van der Waals surface area contributed by atoms with Crippen LogP contribution in [-0.2, 0) is 0 Å². The molecular weight excluding hydrogens is 294 g/mol. The number of benzene rings is 1. The Labute approximate surface area is 117 Å². The van der Waals surface area contributed by atoms with Crippen LogP contribution in [0.3, 0.4) is 0 Å². The third-order valence-corrected chi connectivity index (χ3v) is 3.96. The van der Waals surface area contributed by atoms with Crippen molar-refractivity contribution in [1.82, 2.24) is 4.90 Å². The molecule has 1 fully saturated rings. The maximum absolute atomic E-state index is 9.54. The van der Waals surface area contributed by atoms with Gasteiger partial charge in [-0.05, 0) is 44.0 Å². The number of aliphatic hydroxyl groups is 1. The van der Waals surface area contributed by atoms with Gasteiger partial charge in [0, 0.05) is 17.6 Å². The van der Waals surface area contributed by atoms with Crippen LogP contribution in [0.2, 0.25) is 0 Å². The van der Waals surface area contributed by atoms with Crippen LogP contribution in [0, 0.1) is 5.92 Å². The average molecular weight is 314 g/mol. The first-order chi connectivity index (χ1) is 8.65. The van der Waals surface area contributed by atoms with Crippen LogP contribution in [0.15, 0.2) is 28.7 Å². The summed E-state index contributed by atoms with van der Waals surface area (Å²) >= 11 is 3.43. The third kappa shape index (κ3) is 3.97. The molecule has 0 bridgehead atoms. The number of likely N-dealkylation sites (tertiary alicyclic amines) is 1. The molecule has 0 radical (unpaired) electrons. The van der Waals surface area contributed by atoms with Crippen molar-refractivity contribution in [2.75, 3.05) is 26.2 Å². The average Bonchev–Trinajstić information content (AvgIpc) is 2.78. The second-order valence-electron chi connectivity index (χ2n) is 4.90. The first kappa shape index (κ1) is 13.8. The lowest BCUT2D eigenvalue weighted by Gasteiger charge is -2.17. The highest BCUT2D eigenvalue weighted by Crippen LogP contribution is 2.20. The Morgan fingerprint density at radius 2 is 2.39 bits per heavy atom. The van der Waals surface area contributed by atoms with E-state index in [0.717, 1.165) is 36.3 Å². The summed E-state index contributed by atoms with van der Waals surface area (Å²) in [6, 6.07) is 7.90. The van der Waals surface area contributed by atoms with E-state index in [9.17, 15) is 5.11 Å². The zero-order valence-corrected chi connectivity index (χ0v) is 12.3. The topological polar surface area (TPSA) is 32.7 Å². The molecule has 2 rings (SSSR count). The van der Waals surface area contributed by atoms with Gasteiger partial charge in [-0.25, -0.2) is 0 Å². The Kier molecular flexibility index (Phi) is 5.03. The fraction of sp³-hybridized carbons (Fsp3) is 0.571. The Morgan fingerprint density at radius 3 is 3.06 bits per heavy atom. The van der Waals surface area contributed by atoms with E-state index in [1.807, 2.05) is 31.2 Å². The second-order valence-corrected chi connectivity index (χ2v) is 5.81. The van der Waals surface area contributed by atoms with Crippen molar-refractivity contribution in [2.24, 2.45) is 5.92 Å².